The third kappa shape index (κ3) is 2.74. The number of aryl methyl sites for hydroxylation is 1. The van der Waals surface area contributed by atoms with E-state index in [2.05, 4.69) is 11.9 Å². The van der Waals surface area contributed by atoms with E-state index in [9.17, 15) is 4.21 Å². The Balaban J connectivity index is 2.06. The Labute approximate surface area is 99.5 Å². The van der Waals surface area contributed by atoms with Crippen molar-refractivity contribution in [2.24, 2.45) is 0 Å². The monoisotopic (exact) mass is 257 g/mol. The summed E-state index contributed by atoms with van der Waals surface area (Å²) in [6.45, 7) is 2.08. The van der Waals surface area contributed by atoms with Crippen LogP contribution in [0, 0.1) is 0 Å². The zero-order valence-corrected chi connectivity index (χ0v) is 10.8. The highest BCUT2D eigenvalue weighted by molar-refractivity contribution is 7.86. The predicted molar refractivity (Wildman–Crippen MR) is 65.9 cm³/mol. The van der Waals surface area contributed by atoms with E-state index in [1.54, 1.807) is 11.3 Å². The van der Waals surface area contributed by atoms with Gasteiger partial charge in [0.25, 0.3) is 0 Å². The molecule has 0 saturated carbocycles. The van der Waals surface area contributed by atoms with Crippen LogP contribution in [-0.2, 0) is 23.0 Å². The van der Waals surface area contributed by atoms with Gasteiger partial charge < -0.3 is 0 Å². The molecule has 1 unspecified atom stereocenters. The van der Waals surface area contributed by atoms with Crippen LogP contribution in [0.4, 0.5) is 0 Å². The fourth-order valence-corrected chi connectivity index (χ4v) is 4.04. The maximum absolute atomic E-state index is 11.9. The second-order valence-electron chi connectivity index (χ2n) is 3.01. The van der Waals surface area contributed by atoms with E-state index in [4.69, 9.17) is 0 Å². The number of aromatic nitrogens is 1. The highest BCUT2D eigenvalue weighted by atomic mass is 32.2. The molecule has 2 heterocycles. The summed E-state index contributed by atoms with van der Waals surface area (Å²) in [5.41, 5.74) is 0.948. The van der Waals surface area contributed by atoms with Crippen molar-refractivity contribution in [3.63, 3.8) is 0 Å². The predicted octanol–water partition coefficient (Wildman–Crippen LogP) is 3.07. The molecule has 0 aliphatic carbocycles. The van der Waals surface area contributed by atoms with Gasteiger partial charge in [-0.1, -0.05) is 13.0 Å². The molecular formula is C10H11NOS3. The fraction of sp³-hybridized carbons (Fsp3) is 0.300. The van der Waals surface area contributed by atoms with Gasteiger partial charge in [0, 0.05) is 5.38 Å². The second-order valence-corrected chi connectivity index (χ2v) is 6.58. The van der Waals surface area contributed by atoms with Crippen LogP contribution in [0.25, 0.3) is 0 Å². The number of hydrogen-bond donors (Lipinski definition) is 0. The molecule has 5 heteroatoms. The number of thiophene rings is 1. The lowest BCUT2D eigenvalue weighted by atomic mass is 10.5. The van der Waals surface area contributed by atoms with Crippen molar-refractivity contribution in [2.45, 2.75) is 23.3 Å². The van der Waals surface area contributed by atoms with Gasteiger partial charge in [0.15, 0.2) is 0 Å². The molecule has 0 saturated heterocycles. The lowest BCUT2D eigenvalue weighted by Gasteiger charge is -1.94. The minimum atomic E-state index is -0.929. The van der Waals surface area contributed by atoms with E-state index in [0.29, 0.717) is 5.75 Å². The van der Waals surface area contributed by atoms with Gasteiger partial charge in [-0.3, -0.25) is 4.21 Å². The van der Waals surface area contributed by atoms with Gasteiger partial charge in [0.05, 0.1) is 31.5 Å². The molecule has 2 nitrogen and oxygen atoms in total. The summed E-state index contributed by atoms with van der Waals surface area (Å²) in [4.78, 5) is 4.41. The fourth-order valence-electron chi connectivity index (χ4n) is 1.18. The van der Waals surface area contributed by atoms with E-state index >= 15 is 0 Å². The zero-order chi connectivity index (χ0) is 10.7. The molecular weight excluding hydrogens is 246 g/mol. The maximum atomic E-state index is 11.9. The topological polar surface area (TPSA) is 30.0 Å². The van der Waals surface area contributed by atoms with Crippen molar-refractivity contribution in [2.75, 3.05) is 0 Å². The minimum Gasteiger partial charge on any atom is -0.253 e. The zero-order valence-electron chi connectivity index (χ0n) is 8.30. The van der Waals surface area contributed by atoms with Crippen LogP contribution >= 0.6 is 22.7 Å². The van der Waals surface area contributed by atoms with Crippen molar-refractivity contribution in [3.8, 4) is 0 Å². The summed E-state index contributed by atoms with van der Waals surface area (Å²) in [5.74, 6) is 0.539. The van der Waals surface area contributed by atoms with Gasteiger partial charge in [0.2, 0.25) is 0 Å². The van der Waals surface area contributed by atoms with Crippen molar-refractivity contribution < 1.29 is 4.21 Å². The van der Waals surface area contributed by atoms with Gasteiger partial charge >= 0.3 is 0 Å². The summed E-state index contributed by atoms with van der Waals surface area (Å²) in [6.07, 6.45) is 0.955. The highest BCUT2D eigenvalue weighted by Gasteiger charge is 2.08. The molecule has 0 aliphatic heterocycles. The van der Waals surface area contributed by atoms with Gasteiger partial charge in [-0.05, 0) is 17.9 Å². The first-order valence-electron chi connectivity index (χ1n) is 4.64. The molecule has 0 N–H and O–H groups in total. The molecule has 0 radical (unpaired) electrons. The summed E-state index contributed by atoms with van der Waals surface area (Å²) >= 11 is 3.18. The summed E-state index contributed by atoms with van der Waals surface area (Å²) in [5, 5.41) is 5.07. The molecule has 0 aromatic carbocycles. The minimum absolute atomic E-state index is 0.539. The largest absolute Gasteiger partial charge is 0.253 e. The molecule has 80 valence electrons. The smallest absolute Gasteiger partial charge is 0.0925 e. The molecule has 2 rings (SSSR count). The van der Waals surface area contributed by atoms with Gasteiger partial charge in [-0.15, -0.1) is 22.7 Å². The number of rotatable bonds is 4. The Bertz CT molecular complexity index is 447. The Hall–Kier alpha value is -0.520. The molecule has 15 heavy (non-hydrogen) atoms. The highest BCUT2D eigenvalue weighted by Crippen LogP contribution is 2.18. The van der Waals surface area contributed by atoms with Crippen molar-refractivity contribution in [3.05, 3.63) is 33.6 Å². The summed E-state index contributed by atoms with van der Waals surface area (Å²) < 4.78 is 12.8. The van der Waals surface area contributed by atoms with Crippen LogP contribution in [0.5, 0.6) is 0 Å². The van der Waals surface area contributed by atoms with Gasteiger partial charge in [-0.2, -0.15) is 0 Å². The molecule has 2 aromatic heterocycles. The normalized spacial score (nSPS) is 12.9. The quantitative estimate of drug-likeness (QED) is 0.842. The maximum Gasteiger partial charge on any atom is 0.0925 e. The first-order valence-corrected chi connectivity index (χ1v) is 7.72. The lowest BCUT2D eigenvalue weighted by molar-refractivity contribution is 0.683. The summed E-state index contributed by atoms with van der Waals surface area (Å²) in [6, 6.07) is 3.84. The standard InChI is InChI=1S/C10H11NOS3/c1-2-9-11-8(6-14-9)7-15(12)10-4-3-5-13-10/h3-6H,2,7H2,1H3. The SMILES string of the molecule is CCc1nc(CS(=O)c2cccs2)cs1. The van der Waals surface area contributed by atoms with Gasteiger partial charge in [0.1, 0.15) is 0 Å². The second kappa shape index (κ2) is 5.01. The third-order valence-corrected chi connectivity index (χ3v) is 5.59. The van der Waals surface area contributed by atoms with Crippen molar-refractivity contribution in [1.82, 2.24) is 4.98 Å². The Morgan fingerprint density at radius 3 is 2.93 bits per heavy atom. The number of hydrogen-bond acceptors (Lipinski definition) is 4. The van der Waals surface area contributed by atoms with E-state index < -0.39 is 10.8 Å². The molecule has 2 aromatic rings. The average Bonchev–Trinajstić information content (AvgIpc) is 2.87. The van der Waals surface area contributed by atoms with Crippen LogP contribution in [0.3, 0.4) is 0 Å². The van der Waals surface area contributed by atoms with E-state index in [0.717, 1.165) is 21.3 Å². The Kier molecular flexibility index (Phi) is 3.66. The number of thiazole rings is 1. The lowest BCUT2D eigenvalue weighted by Crippen LogP contribution is -1.94. The molecule has 0 aliphatic rings. The van der Waals surface area contributed by atoms with E-state index in [-0.39, 0.29) is 0 Å². The third-order valence-electron chi connectivity index (χ3n) is 1.90. The molecule has 0 bridgehead atoms. The van der Waals surface area contributed by atoms with E-state index in [1.807, 2.05) is 22.9 Å². The van der Waals surface area contributed by atoms with Crippen LogP contribution in [0.1, 0.15) is 17.6 Å². The van der Waals surface area contributed by atoms with E-state index in [1.165, 1.54) is 11.3 Å². The number of nitrogens with zero attached hydrogens (tertiary/aromatic N) is 1. The first kappa shape index (κ1) is 11.0. The molecule has 0 spiro atoms. The van der Waals surface area contributed by atoms with Crippen LogP contribution in [0.15, 0.2) is 27.1 Å². The van der Waals surface area contributed by atoms with Crippen LogP contribution < -0.4 is 0 Å². The Morgan fingerprint density at radius 1 is 1.47 bits per heavy atom. The molecule has 0 amide bonds. The molecule has 0 fully saturated rings. The molecule has 1 atom stereocenters. The van der Waals surface area contributed by atoms with Gasteiger partial charge in [-0.25, -0.2) is 4.98 Å². The van der Waals surface area contributed by atoms with Crippen molar-refractivity contribution >= 4 is 33.5 Å². The summed E-state index contributed by atoms with van der Waals surface area (Å²) in [7, 11) is -0.929. The van der Waals surface area contributed by atoms with Crippen LogP contribution in [0.2, 0.25) is 0 Å². The van der Waals surface area contributed by atoms with Crippen molar-refractivity contribution in [1.29, 1.82) is 0 Å². The average molecular weight is 257 g/mol. The Morgan fingerprint density at radius 2 is 2.33 bits per heavy atom. The van der Waals surface area contributed by atoms with Crippen LogP contribution in [-0.4, -0.2) is 9.19 Å². The first-order chi connectivity index (χ1) is 7.29.